The van der Waals surface area contributed by atoms with Crippen LogP contribution in [0, 0.1) is 5.92 Å². The summed E-state index contributed by atoms with van der Waals surface area (Å²) in [6.07, 6.45) is 3.22. The summed E-state index contributed by atoms with van der Waals surface area (Å²) < 4.78 is 0.872. The number of nitrogens with zero attached hydrogens (tertiary/aromatic N) is 1. The number of halogens is 1. The lowest BCUT2D eigenvalue weighted by Gasteiger charge is -2.15. The molecule has 96 valence electrons. The topological polar surface area (TPSA) is 45.1 Å². The standard InChI is InChI=1S/C13H21BrN2O/c1-2-4-11(7-8-17)9-15-10-12-5-3-6-13(14)16-12/h3,5-6,11,15,17H,2,4,7-10H2,1H3. The van der Waals surface area contributed by atoms with E-state index in [-0.39, 0.29) is 6.61 Å². The average Bonchev–Trinajstić information content (AvgIpc) is 2.30. The number of aliphatic hydroxyl groups is 1. The molecule has 1 aromatic heterocycles. The van der Waals surface area contributed by atoms with Crippen molar-refractivity contribution in [3.63, 3.8) is 0 Å². The maximum atomic E-state index is 8.97. The molecule has 0 amide bonds. The molecule has 0 saturated carbocycles. The molecule has 1 heterocycles. The number of aromatic nitrogens is 1. The van der Waals surface area contributed by atoms with Gasteiger partial charge in [0.2, 0.25) is 0 Å². The minimum Gasteiger partial charge on any atom is -0.396 e. The highest BCUT2D eigenvalue weighted by molar-refractivity contribution is 9.10. The van der Waals surface area contributed by atoms with Gasteiger partial charge in [-0.15, -0.1) is 0 Å². The zero-order chi connectivity index (χ0) is 12.5. The van der Waals surface area contributed by atoms with Crippen LogP contribution in [0.1, 0.15) is 31.9 Å². The van der Waals surface area contributed by atoms with Gasteiger partial charge in [-0.05, 0) is 53.4 Å². The van der Waals surface area contributed by atoms with Crippen LogP contribution in [0.2, 0.25) is 0 Å². The Morgan fingerprint density at radius 1 is 1.41 bits per heavy atom. The summed E-state index contributed by atoms with van der Waals surface area (Å²) in [7, 11) is 0. The highest BCUT2D eigenvalue weighted by Crippen LogP contribution is 2.10. The van der Waals surface area contributed by atoms with E-state index in [0.717, 1.165) is 29.8 Å². The van der Waals surface area contributed by atoms with E-state index in [9.17, 15) is 0 Å². The number of hydrogen-bond acceptors (Lipinski definition) is 3. The highest BCUT2D eigenvalue weighted by Gasteiger charge is 2.06. The number of aliphatic hydroxyl groups excluding tert-OH is 1. The van der Waals surface area contributed by atoms with Crippen molar-refractivity contribution < 1.29 is 5.11 Å². The molecule has 0 aliphatic carbocycles. The fourth-order valence-electron chi connectivity index (χ4n) is 1.89. The lowest BCUT2D eigenvalue weighted by atomic mass is 10.0. The fraction of sp³-hybridized carbons (Fsp3) is 0.615. The van der Waals surface area contributed by atoms with Crippen LogP contribution >= 0.6 is 15.9 Å². The van der Waals surface area contributed by atoms with Gasteiger partial charge < -0.3 is 10.4 Å². The van der Waals surface area contributed by atoms with E-state index in [4.69, 9.17) is 5.11 Å². The van der Waals surface area contributed by atoms with Gasteiger partial charge in [0.05, 0.1) is 5.69 Å². The molecule has 3 nitrogen and oxygen atoms in total. The normalized spacial score (nSPS) is 12.6. The molecule has 4 heteroatoms. The van der Waals surface area contributed by atoms with Gasteiger partial charge in [0, 0.05) is 13.2 Å². The molecule has 1 atom stereocenters. The van der Waals surface area contributed by atoms with Crippen molar-refractivity contribution in [2.45, 2.75) is 32.7 Å². The quantitative estimate of drug-likeness (QED) is 0.726. The maximum Gasteiger partial charge on any atom is 0.106 e. The Labute approximate surface area is 112 Å². The van der Waals surface area contributed by atoms with Gasteiger partial charge in [-0.25, -0.2) is 4.98 Å². The van der Waals surface area contributed by atoms with E-state index in [1.54, 1.807) is 0 Å². The van der Waals surface area contributed by atoms with Gasteiger partial charge in [0.1, 0.15) is 4.60 Å². The second-order valence-electron chi connectivity index (χ2n) is 4.25. The lowest BCUT2D eigenvalue weighted by molar-refractivity contribution is 0.248. The predicted molar refractivity (Wildman–Crippen MR) is 73.7 cm³/mol. The molecule has 0 aliphatic rings. The Hall–Kier alpha value is -0.450. The maximum absolute atomic E-state index is 8.97. The summed E-state index contributed by atoms with van der Waals surface area (Å²) in [5.74, 6) is 0.567. The van der Waals surface area contributed by atoms with Gasteiger partial charge in [-0.3, -0.25) is 0 Å². The smallest absolute Gasteiger partial charge is 0.106 e. The van der Waals surface area contributed by atoms with Crippen molar-refractivity contribution in [2.24, 2.45) is 5.92 Å². The second-order valence-corrected chi connectivity index (χ2v) is 5.06. The van der Waals surface area contributed by atoms with Crippen molar-refractivity contribution in [3.05, 3.63) is 28.5 Å². The van der Waals surface area contributed by atoms with Gasteiger partial charge >= 0.3 is 0 Å². The first-order chi connectivity index (χ1) is 8.26. The first-order valence-electron chi connectivity index (χ1n) is 6.19. The van der Waals surface area contributed by atoms with E-state index in [0.29, 0.717) is 5.92 Å². The molecule has 1 unspecified atom stereocenters. The molecule has 1 aromatic rings. The van der Waals surface area contributed by atoms with Crippen LogP contribution in [0.5, 0.6) is 0 Å². The number of pyridine rings is 1. The molecule has 0 aromatic carbocycles. The summed E-state index contributed by atoms with van der Waals surface area (Å²) >= 11 is 3.36. The van der Waals surface area contributed by atoms with Crippen LogP contribution in [-0.4, -0.2) is 23.2 Å². The fourth-order valence-corrected chi connectivity index (χ4v) is 2.27. The SMILES string of the molecule is CCCC(CCO)CNCc1cccc(Br)n1. The van der Waals surface area contributed by atoms with Crippen LogP contribution in [0.15, 0.2) is 22.8 Å². The van der Waals surface area contributed by atoms with Crippen molar-refractivity contribution in [1.29, 1.82) is 0 Å². The largest absolute Gasteiger partial charge is 0.396 e. The first kappa shape index (κ1) is 14.6. The lowest BCUT2D eigenvalue weighted by Crippen LogP contribution is -2.23. The average molecular weight is 301 g/mol. The molecule has 0 aliphatic heterocycles. The Bertz CT molecular complexity index is 314. The Morgan fingerprint density at radius 2 is 2.24 bits per heavy atom. The van der Waals surface area contributed by atoms with Crippen LogP contribution < -0.4 is 5.32 Å². The molecule has 0 bridgehead atoms. The van der Waals surface area contributed by atoms with E-state index >= 15 is 0 Å². The molecule has 1 rings (SSSR count). The van der Waals surface area contributed by atoms with Gasteiger partial charge in [0.15, 0.2) is 0 Å². The molecular weight excluding hydrogens is 280 g/mol. The van der Waals surface area contributed by atoms with E-state index in [1.165, 1.54) is 12.8 Å². The molecule has 0 fully saturated rings. The zero-order valence-electron chi connectivity index (χ0n) is 10.3. The van der Waals surface area contributed by atoms with Crippen molar-refractivity contribution >= 4 is 15.9 Å². The molecule has 17 heavy (non-hydrogen) atoms. The number of nitrogens with one attached hydrogen (secondary N) is 1. The van der Waals surface area contributed by atoms with E-state index < -0.39 is 0 Å². The number of rotatable bonds is 8. The summed E-state index contributed by atoms with van der Waals surface area (Å²) in [4.78, 5) is 4.37. The minimum absolute atomic E-state index is 0.279. The van der Waals surface area contributed by atoms with Crippen LogP contribution in [0.4, 0.5) is 0 Å². The van der Waals surface area contributed by atoms with Crippen LogP contribution in [-0.2, 0) is 6.54 Å². The van der Waals surface area contributed by atoms with Crippen molar-refractivity contribution in [2.75, 3.05) is 13.2 Å². The van der Waals surface area contributed by atoms with Crippen LogP contribution in [0.3, 0.4) is 0 Å². The zero-order valence-corrected chi connectivity index (χ0v) is 11.9. The number of hydrogen-bond donors (Lipinski definition) is 2. The molecule has 0 saturated heterocycles. The highest BCUT2D eigenvalue weighted by atomic mass is 79.9. The molecule has 0 spiro atoms. The Kier molecular flexibility index (Phi) is 7.40. The van der Waals surface area contributed by atoms with Gasteiger partial charge in [0.25, 0.3) is 0 Å². The Balaban J connectivity index is 2.30. The first-order valence-corrected chi connectivity index (χ1v) is 6.98. The van der Waals surface area contributed by atoms with E-state index in [2.05, 4.69) is 33.2 Å². The van der Waals surface area contributed by atoms with Crippen molar-refractivity contribution in [1.82, 2.24) is 10.3 Å². The summed E-state index contributed by atoms with van der Waals surface area (Å²) in [5, 5.41) is 12.4. The Morgan fingerprint density at radius 3 is 2.88 bits per heavy atom. The predicted octanol–water partition coefficient (Wildman–Crippen LogP) is 2.73. The molecule has 2 N–H and O–H groups in total. The van der Waals surface area contributed by atoms with Gasteiger partial charge in [-0.1, -0.05) is 19.4 Å². The van der Waals surface area contributed by atoms with E-state index in [1.807, 2.05) is 18.2 Å². The van der Waals surface area contributed by atoms with Crippen molar-refractivity contribution in [3.8, 4) is 0 Å². The summed E-state index contributed by atoms with van der Waals surface area (Å²) in [6.45, 7) is 4.19. The second kappa shape index (κ2) is 8.61. The molecular formula is C13H21BrN2O. The van der Waals surface area contributed by atoms with Crippen LogP contribution in [0.25, 0.3) is 0 Å². The monoisotopic (exact) mass is 300 g/mol. The third-order valence-electron chi connectivity index (χ3n) is 2.75. The summed E-state index contributed by atoms with van der Waals surface area (Å²) in [6, 6.07) is 5.93. The summed E-state index contributed by atoms with van der Waals surface area (Å²) in [5.41, 5.74) is 1.04. The molecule has 0 radical (unpaired) electrons. The third kappa shape index (κ3) is 6.15. The third-order valence-corrected chi connectivity index (χ3v) is 3.19. The van der Waals surface area contributed by atoms with Gasteiger partial charge in [-0.2, -0.15) is 0 Å². The minimum atomic E-state index is 0.279.